The van der Waals surface area contributed by atoms with Crippen LogP contribution in [0.1, 0.15) is 0 Å². The Bertz CT molecular complexity index is 581. The first kappa shape index (κ1) is 10.0. The van der Waals surface area contributed by atoms with E-state index in [4.69, 9.17) is 0 Å². The third-order valence-electron chi connectivity index (χ3n) is 2.10. The molecule has 6 nitrogen and oxygen atoms in total. The average Bonchev–Trinajstić information content (AvgIpc) is 2.27. The molecule has 0 bridgehead atoms. The Kier molecular flexibility index (Phi) is 2.47. The van der Waals surface area contributed by atoms with Crippen LogP contribution >= 0.6 is 0 Å². The summed E-state index contributed by atoms with van der Waals surface area (Å²) in [5, 5.41) is 26.4. The molecule has 1 N–H and O–H groups in total. The number of fused-ring (bicyclic) bond motifs is 1. The lowest BCUT2D eigenvalue weighted by atomic mass is 10.1. The predicted octanol–water partition coefficient (Wildman–Crippen LogP) is 2.82. The van der Waals surface area contributed by atoms with Crippen LogP contribution in [-0.4, -0.2) is 10.1 Å². The highest BCUT2D eigenvalue weighted by Gasteiger charge is 2.11. The summed E-state index contributed by atoms with van der Waals surface area (Å²) < 4.78 is 0. The van der Waals surface area contributed by atoms with Crippen LogP contribution < -0.4 is 0 Å². The van der Waals surface area contributed by atoms with Crippen molar-refractivity contribution in [3.63, 3.8) is 0 Å². The molecule has 2 aromatic carbocycles. The molecule has 0 saturated heterocycles. The Balaban J connectivity index is 2.66. The summed E-state index contributed by atoms with van der Waals surface area (Å²) in [4.78, 5) is 10.1. The first-order chi connectivity index (χ1) is 7.68. The molecule has 80 valence electrons. The minimum Gasteiger partial charge on any atom is -0.504 e. The fourth-order valence-electron chi connectivity index (χ4n) is 1.43. The SMILES string of the molecule is O=[N+]([O-])N=Nc1c(O)ccc2ccccc12. The quantitative estimate of drug-likeness (QED) is 0.476. The van der Waals surface area contributed by atoms with E-state index in [1.165, 1.54) is 6.07 Å². The van der Waals surface area contributed by atoms with Crippen LogP contribution in [0.3, 0.4) is 0 Å². The molecule has 0 unspecified atom stereocenters. The summed E-state index contributed by atoms with van der Waals surface area (Å²) in [5.74, 6) is -0.135. The number of nitrogens with zero attached hydrogens (tertiary/aromatic N) is 3. The molecule has 2 aromatic rings. The van der Waals surface area contributed by atoms with Gasteiger partial charge in [0.05, 0.1) is 10.1 Å². The van der Waals surface area contributed by atoms with Crippen molar-refractivity contribution in [3.8, 4) is 5.75 Å². The summed E-state index contributed by atoms with van der Waals surface area (Å²) in [6.45, 7) is 0. The van der Waals surface area contributed by atoms with Crippen molar-refractivity contribution in [1.29, 1.82) is 0 Å². The van der Waals surface area contributed by atoms with Gasteiger partial charge in [-0.15, -0.1) is 0 Å². The zero-order chi connectivity index (χ0) is 11.5. The topological polar surface area (TPSA) is 88.1 Å². The van der Waals surface area contributed by atoms with Crippen molar-refractivity contribution in [3.05, 3.63) is 46.5 Å². The second-order valence-electron chi connectivity index (χ2n) is 3.08. The van der Waals surface area contributed by atoms with Gasteiger partial charge in [-0.05, 0) is 17.5 Å². The first-order valence-corrected chi connectivity index (χ1v) is 4.45. The number of benzene rings is 2. The Labute approximate surface area is 90.0 Å². The third-order valence-corrected chi connectivity index (χ3v) is 2.10. The van der Waals surface area contributed by atoms with Crippen molar-refractivity contribution in [1.82, 2.24) is 0 Å². The van der Waals surface area contributed by atoms with Crippen molar-refractivity contribution in [2.75, 3.05) is 0 Å². The van der Waals surface area contributed by atoms with Crippen molar-refractivity contribution < 1.29 is 10.1 Å². The standard InChI is InChI=1S/C10H7N3O3/c14-9-6-5-7-3-1-2-4-8(7)10(9)11-12-13(15)16/h1-6,14H. The second-order valence-corrected chi connectivity index (χ2v) is 3.08. The van der Waals surface area contributed by atoms with Gasteiger partial charge in [0, 0.05) is 5.39 Å². The Morgan fingerprint density at radius 2 is 1.94 bits per heavy atom. The molecule has 2 rings (SSSR count). The monoisotopic (exact) mass is 217 g/mol. The largest absolute Gasteiger partial charge is 0.504 e. The van der Waals surface area contributed by atoms with Gasteiger partial charge in [-0.3, -0.25) is 0 Å². The van der Waals surface area contributed by atoms with E-state index in [0.29, 0.717) is 5.39 Å². The highest BCUT2D eigenvalue weighted by atomic mass is 16.7. The van der Waals surface area contributed by atoms with Gasteiger partial charge in [-0.2, -0.15) is 0 Å². The van der Waals surface area contributed by atoms with Crippen LogP contribution in [0, 0.1) is 10.1 Å². The lowest BCUT2D eigenvalue weighted by molar-refractivity contribution is -0.493. The smallest absolute Gasteiger partial charge is 0.252 e. The number of aromatic hydroxyl groups is 1. The lowest BCUT2D eigenvalue weighted by Crippen LogP contribution is -1.81. The van der Waals surface area contributed by atoms with Gasteiger partial charge in [0.25, 0.3) is 5.69 Å². The van der Waals surface area contributed by atoms with Crippen LogP contribution in [-0.2, 0) is 0 Å². The average molecular weight is 217 g/mol. The van der Waals surface area contributed by atoms with Gasteiger partial charge >= 0.3 is 0 Å². The molecule has 0 amide bonds. The Morgan fingerprint density at radius 3 is 2.69 bits per heavy atom. The zero-order valence-electron chi connectivity index (χ0n) is 8.07. The van der Waals surface area contributed by atoms with E-state index in [9.17, 15) is 15.2 Å². The molecule has 0 heterocycles. The fourth-order valence-corrected chi connectivity index (χ4v) is 1.43. The molecule has 0 aliphatic carbocycles. The van der Waals surface area contributed by atoms with E-state index in [0.717, 1.165) is 5.39 Å². The summed E-state index contributed by atoms with van der Waals surface area (Å²) in [5.41, 5.74) is 0.106. The minimum atomic E-state index is -0.915. The van der Waals surface area contributed by atoms with E-state index in [1.807, 2.05) is 12.1 Å². The van der Waals surface area contributed by atoms with Crippen molar-refractivity contribution in [2.24, 2.45) is 10.3 Å². The normalized spacial score (nSPS) is 11.0. The molecule has 0 saturated carbocycles. The third kappa shape index (κ3) is 1.81. The van der Waals surface area contributed by atoms with Crippen LogP contribution in [0.15, 0.2) is 46.7 Å². The fraction of sp³-hybridized carbons (Fsp3) is 0. The van der Waals surface area contributed by atoms with Crippen molar-refractivity contribution in [2.45, 2.75) is 0 Å². The summed E-state index contributed by atoms with van der Waals surface area (Å²) in [7, 11) is 0. The van der Waals surface area contributed by atoms with E-state index in [2.05, 4.69) is 10.3 Å². The number of phenolic OH excluding ortho intramolecular Hbond substituents is 1. The van der Waals surface area contributed by atoms with Crippen molar-refractivity contribution >= 4 is 16.5 Å². The molecule has 0 atom stereocenters. The van der Waals surface area contributed by atoms with Gasteiger partial charge in [-0.25, -0.2) is 0 Å². The van der Waals surface area contributed by atoms with Crippen LogP contribution in [0.2, 0.25) is 0 Å². The van der Waals surface area contributed by atoms with E-state index in [1.54, 1.807) is 18.2 Å². The molecule has 0 aromatic heterocycles. The van der Waals surface area contributed by atoms with E-state index >= 15 is 0 Å². The molecule has 6 heteroatoms. The van der Waals surface area contributed by atoms with Gasteiger partial charge in [-0.1, -0.05) is 24.3 Å². The highest BCUT2D eigenvalue weighted by molar-refractivity contribution is 5.95. The minimum absolute atomic E-state index is 0.106. The molecular weight excluding hydrogens is 210 g/mol. The molecule has 0 aliphatic heterocycles. The summed E-state index contributed by atoms with van der Waals surface area (Å²) in [6, 6.07) is 10.2. The summed E-state index contributed by atoms with van der Waals surface area (Å²) >= 11 is 0. The van der Waals surface area contributed by atoms with E-state index in [-0.39, 0.29) is 11.4 Å². The van der Waals surface area contributed by atoms with Crippen LogP contribution in [0.5, 0.6) is 5.75 Å². The molecule has 0 spiro atoms. The predicted molar refractivity (Wildman–Crippen MR) is 57.1 cm³/mol. The van der Waals surface area contributed by atoms with Gasteiger partial charge in [0.1, 0.15) is 0 Å². The summed E-state index contributed by atoms with van der Waals surface area (Å²) in [6.07, 6.45) is 0. The number of nitro groups is 1. The Morgan fingerprint density at radius 1 is 1.19 bits per heavy atom. The lowest BCUT2D eigenvalue weighted by Gasteiger charge is -1.98. The molecule has 0 fully saturated rings. The molecule has 0 radical (unpaired) electrons. The maximum Gasteiger partial charge on any atom is 0.252 e. The molecular formula is C10H7N3O3. The molecule has 16 heavy (non-hydrogen) atoms. The van der Waals surface area contributed by atoms with Crippen LogP contribution in [0.25, 0.3) is 10.8 Å². The maximum atomic E-state index is 10.1. The van der Waals surface area contributed by atoms with E-state index < -0.39 is 5.03 Å². The number of hydrogen-bond acceptors (Lipinski definition) is 4. The molecule has 0 aliphatic rings. The van der Waals surface area contributed by atoms with Gasteiger partial charge in [0.2, 0.25) is 0 Å². The first-order valence-electron chi connectivity index (χ1n) is 4.45. The number of phenols is 1. The number of rotatable bonds is 2. The number of hydrogen-bond donors (Lipinski definition) is 1. The zero-order valence-corrected chi connectivity index (χ0v) is 8.07. The maximum absolute atomic E-state index is 10.1. The van der Waals surface area contributed by atoms with Gasteiger partial charge in [0.15, 0.2) is 11.0 Å². The second kappa shape index (κ2) is 3.93. The van der Waals surface area contributed by atoms with Gasteiger partial charge < -0.3 is 15.2 Å². The van der Waals surface area contributed by atoms with Crippen LogP contribution in [0.4, 0.5) is 5.69 Å². The highest BCUT2D eigenvalue weighted by Crippen LogP contribution is 2.34. The Hall–Kier alpha value is -2.50.